The van der Waals surface area contributed by atoms with E-state index >= 15 is 0 Å². The van der Waals surface area contributed by atoms with Crippen LogP contribution in [0.4, 0.5) is 0 Å². The minimum Gasteiger partial charge on any atom is -0.497 e. The molecule has 0 spiro atoms. The van der Waals surface area contributed by atoms with Gasteiger partial charge in [-0.3, -0.25) is 0 Å². The number of fused-ring (bicyclic) bond motifs is 2. The standard InChI is InChI=1S/C22H24O2/c1-22(17-5-4-6-18(12-17)23-2)10-9-20-16(14-22)11-15-7-8-19(24-3)13-21(15)20/h4-8,12-13H,9-11,14H2,1-3H3. The lowest BCUT2D eigenvalue weighted by Gasteiger charge is -2.35. The molecule has 2 aliphatic rings. The van der Waals surface area contributed by atoms with Gasteiger partial charge in [0.1, 0.15) is 11.5 Å². The van der Waals surface area contributed by atoms with Crippen LogP contribution in [0.5, 0.6) is 11.5 Å². The van der Waals surface area contributed by atoms with Crippen molar-refractivity contribution < 1.29 is 9.47 Å². The Morgan fingerprint density at radius 3 is 2.54 bits per heavy atom. The predicted octanol–water partition coefficient (Wildman–Crippen LogP) is 5.16. The van der Waals surface area contributed by atoms with E-state index in [0.717, 1.165) is 30.8 Å². The number of ether oxygens (including phenoxy) is 2. The monoisotopic (exact) mass is 320 g/mol. The molecule has 0 saturated heterocycles. The minimum atomic E-state index is 0.194. The fraction of sp³-hybridized carbons (Fsp3) is 0.364. The van der Waals surface area contributed by atoms with Gasteiger partial charge in [-0.05, 0) is 77.6 Å². The molecule has 0 N–H and O–H groups in total. The second kappa shape index (κ2) is 5.70. The van der Waals surface area contributed by atoms with Crippen LogP contribution in [0.3, 0.4) is 0 Å². The van der Waals surface area contributed by atoms with Gasteiger partial charge in [0.25, 0.3) is 0 Å². The largest absolute Gasteiger partial charge is 0.497 e. The number of methoxy groups -OCH3 is 2. The number of benzene rings is 2. The highest BCUT2D eigenvalue weighted by Gasteiger charge is 2.36. The summed E-state index contributed by atoms with van der Waals surface area (Å²) in [5, 5.41) is 0. The van der Waals surface area contributed by atoms with E-state index in [1.54, 1.807) is 25.4 Å². The van der Waals surface area contributed by atoms with Gasteiger partial charge < -0.3 is 9.47 Å². The predicted molar refractivity (Wildman–Crippen MR) is 97.8 cm³/mol. The molecule has 0 heterocycles. The third kappa shape index (κ3) is 2.41. The first-order valence-electron chi connectivity index (χ1n) is 8.66. The second-order valence-electron chi connectivity index (χ2n) is 7.25. The van der Waals surface area contributed by atoms with Gasteiger partial charge in [-0.25, -0.2) is 0 Å². The van der Waals surface area contributed by atoms with Crippen LogP contribution >= 0.6 is 0 Å². The van der Waals surface area contributed by atoms with Crippen molar-refractivity contribution in [2.24, 2.45) is 0 Å². The molecule has 2 heteroatoms. The maximum Gasteiger partial charge on any atom is 0.119 e. The molecule has 4 rings (SSSR count). The van der Waals surface area contributed by atoms with E-state index in [1.807, 2.05) is 6.07 Å². The number of hydrogen-bond donors (Lipinski definition) is 0. The zero-order valence-electron chi connectivity index (χ0n) is 14.7. The molecule has 2 aromatic rings. The molecule has 0 saturated carbocycles. The molecule has 124 valence electrons. The first-order chi connectivity index (χ1) is 11.6. The fourth-order valence-corrected chi connectivity index (χ4v) is 4.33. The Labute approximate surface area is 144 Å². The first kappa shape index (κ1) is 15.3. The fourth-order valence-electron chi connectivity index (χ4n) is 4.33. The van der Waals surface area contributed by atoms with Gasteiger partial charge in [-0.2, -0.15) is 0 Å². The molecule has 0 aliphatic heterocycles. The van der Waals surface area contributed by atoms with Crippen LogP contribution in [0.1, 0.15) is 42.9 Å². The van der Waals surface area contributed by atoms with Crippen LogP contribution in [0, 0.1) is 0 Å². The minimum absolute atomic E-state index is 0.194. The molecule has 0 bridgehead atoms. The van der Waals surface area contributed by atoms with Gasteiger partial charge in [-0.1, -0.05) is 30.7 Å². The molecule has 0 aromatic heterocycles. The van der Waals surface area contributed by atoms with E-state index in [1.165, 1.54) is 23.1 Å². The van der Waals surface area contributed by atoms with Crippen molar-refractivity contribution in [2.45, 2.75) is 38.0 Å². The van der Waals surface area contributed by atoms with Gasteiger partial charge in [0, 0.05) is 0 Å². The van der Waals surface area contributed by atoms with Gasteiger partial charge in [-0.15, -0.1) is 0 Å². The summed E-state index contributed by atoms with van der Waals surface area (Å²) < 4.78 is 10.8. The summed E-state index contributed by atoms with van der Waals surface area (Å²) in [6, 6.07) is 15.1. The number of allylic oxidation sites excluding steroid dienone is 2. The highest BCUT2D eigenvalue weighted by atomic mass is 16.5. The SMILES string of the molecule is COc1cccc(C2(C)CCC3=C(Cc4ccc(OC)cc43)C2)c1. The summed E-state index contributed by atoms with van der Waals surface area (Å²) in [4.78, 5) is 0. The smallest absolute Gasteiger partial charge is 0.119 e. The zero-order valence-corrected chi connectivity index (χ0v) is 14.7. The van der Waals surface area contributed by atoms with Gasteiger partial charge in [0.2, 0.25) is 0 Å². The van der Waals surface area contributed by atoms with E-state index in [2.05, 4.69) is 43.3 Å². The van der Waals surface area contributed by atoms with E-state index < -0.39 is 0 Å². The maximum absolute atomic E-state index is 5.43. The zero-order chi connectivity index (χ0) is 16.7. The molecule has 2 aliphatic carbocycles. The van der Waals surface area contributed by atoms with Crippen LogP contribution in [-0.4, -0.2) is 14.2 Å². The van der Waals surface area contributed by atoms with E-state index in [9.17, 15) is 0 Å². The number of hydrogen-bond acceptors (Lipinski definition) is 2. The number of rotatable bonds is 3. The summed E-state index contributed by atoms with van der Waals surface area (Å²) in [7, 11) is 3.48. The second-order valence-corrected chi connectivity index (χ2v) is 7.25. The summed E-state index contributed by atoms with van der Waals surface area (Å²) in [5.41, 5.74) is 7.62. The molecule has 2 nitrogen and oxygen atoms in total. The molecule has 0 fully saturated rings. The van der Waals surface area contributed by atoms with E-state index in [0.29, 0.717) is 0 Å². The lowest BCUT2D eigenvalue weighted by Crippen LogP contribution is -2.26. The van der Waals surface area contributed by atoms with Gasteiger partial charge >= 0.3 is 0 Å². The third-order valence-corrected chi connectivity index (χ3v) is 5.77. The van der Waals surface area contributed by atoms with Crippen LogP contribution in [0.25, 0.3) is 5.57 Å². The Morgan fingerprint density at radius 1 is 0.958 bits per heavy atom. The maximum atomic E-state index is 5.43. The van der Waals surface area contributed by atoms with Gasteiger partial charge in [0.05, 0.1) is 14.2 Å². The Bertz CT molecular complexity index is 818. The van der Waals surface area contributed by atoms with Crippen LogP contribution < -0.4 is 9.47 Å². The van der Waals surface area contributed by atoms with E-state index in [4.69, 9.17) is 9.47 Å². The topological polar surface area (TPSA) is 18.5 Å². The molecule has 0 amide bonds. The molecular weight excluding hydrogens is 296 g/mol. The average Bonchev–Trinajstić information content (AvgIpc) is 2.97. The van der Waals surface area contributed by atoms with Crippen LogP contribution in [-0.2, 0) is 11.8 Å². The molecule has 1 unspecified atom stereocenters. The van der Waals surface area contributed by atoms with Crippen molar-refractivity contribution in [3.8, 4) is 11.5 Å². The normalized spacial score (nSPS) is 22.1. The molecule has 1 atom stereocenters. The molecule has 2 aromatic carbocycles. The highest BCUT2D eigenvalue weighted by Crippen LogP contribution is 2.50. The summed E-state index contributed by atoms with van der Waals surface area (Å²) >= 11 is 0. The van der Waals surface area contributed by atoms with Gasteiger partial charge in [0.15, 0.2) is 0 Å². The van der Waals surface area contributed by atoms with Crippen LogP contribution in [0.2, 0.25) is 0 Å². The Kier molecular flexibility index (Phi) is 3.64. The Balaban J connectivity index is 1.67. The first-order valence-corrected chi connectivity index (χ1v) is 8.66. The summed E-state index contributed by atoms with van der Waals surface area (Å²) in [6.45, 7) is 2.40. The summed E-state index contributed by atoms with van der Waals surface area (Å²) in [5.74, 6) is 1.91. The lowest BCUT2D eigenvalue weighted by molar-refractivity contribution is 0.400. The molecular formula is C22H24O2. The molecule has 0 radical (unpaired) electrons. The van der Waals surface area contributed by atoms with Crippen LogP contribution in [0.15, 0.2) is 48.0 Å². The van der Waals surface area contributed by atoms with Crippen molar-refractivity contribution in [2.75, 3.05) is 14.2 Å². The van der Waals surface area contributed by atoms with E-state index in [-0.39, 0.29) is 5.41 Å². The average molecular weight is 320 g/mol. The highest BCUT2D eigenvalue weighted by molar-refractivity contribution is 5.78. The van der Waals surface area contributed by atoms with Crippen molar-refractivity contribution in [3.05, 3.63) is 64.7 Å². The lowest BCUT2D eigenvalue weighted by atomic mass is 9.69. The Morgan fingerprint density at radius 2 is 1.75 bits per heavy atom. The Hall–Kier alpha value is -2.22. The summed E-state index contributed by atoms with van der Waals surface area (Å²) in [6.07, 6.45) is 4.54. The van der Waals surface area contributed by atoms with Crippen molar-refractivity contribution >= 4 is 5.57 Å². The van der Waals surface area contributed by atoms with Crippen molar-refractivity contribution in [3.63, 3.8) is 0 Å². The third-order valence-electron chi connectivity index (χ3n) is 5.77. The van der Waals surface area contributed by atoms with Crippen molar-refractivity contribution in [1.29, 1.82) is 0 Å². The molecule has 24 heavy (non-hydrogen) atoms. The van der Waals surface area contributed by atoms with Crippen molar-refractivity contribution in [1.82, 2.24) is 0 Å². The quantitative estimate of drug-likeness (QED) is 0.778.